The van der Waals surface area contributed by atoms with E-state index >= 15 is 0 Å². The minimum Gasteiger partial charge on any atom is -0.491 e. The fraction of sp³-hybridized carbons (Fsp3) is 0.276. The number of ether oxygens (including phenoxy) is 1. The summed E-state index contributed by atoms with van der Waals surface area (Å²) in [5.41, 5.74) is 14.0. The molecular formula is C29H32N2O3. The number of para-hydroxylation sites is 1. The molecule has 0 bridgehead atoms. The predicted octanol–water partition coefficient (Wildman–Crippen LogP) is 5.49. The van der Waals surface area contributed by atoms with E-state index in [1.54, 1.807) is 0 Å². The van der Waals surface area contributed by atoms with Crippen molar-refractivity contribution in [3.63, 3.8) is 0 Å². The minimum absolute atomic E-state index is 0.0632. The molecule has 1 aromatic heterocycles. The van der Waals surface area contributed by atoms with Crippen LogP contribution in [-0.4, -0.2) is 29.7 Å². The number of rotatable bonds is 6. The van der Waals surface area contributed by atoms with Crippen molar-refractivity contribution in [2.24, 2.45) is 5.73 Å². The average Bonchev–Trinajstić information content (AvgIpc) is 3.46. The first-order chi connectivity index (χ1) is 16.5. The van der Waals surface area contributed by atoms with Gasteiger partial charge in [0.25, 0.3) is 0 Å². The second-order valence-electron chi connectivity index (χ2n) is 8.95. The summed E-state index contributed by atoms with van der Waals surface area (Å²) >= 11 is 0. The molecule has 0 spiro atoms. The largest absolute Gasteiger partial charge is 0.491 e. The summed E-state index contributed by atoms with van der Waals surface area (Å²) in [6.07, 6.45) is 3.91. The van der Waals surface area contributed by atoms with Gasteiger partial charge in [0.15, 0.2) is 6.29 Å². The molecule has 0 fully saturated rings. The molecule has 0 aliphatic carbocycles. The number of fused-ring (bicyclic) bond motifs is 2. The highest BCUT2D eigenvalue weighted by Crippen LogP contribution is 2.35. The number of nitrogens with zero attached hydrogens (tertiary/aromatic N) is 1. The van der Waals surface area contributed by atoms with E-state index in [4.69, 9.17) is 15.6 Å². The second-order valence-corrected chi connectivity index (χ2v) is 8.95. The molecule has 5 heteroatoms. The SMILES string of the molecule is CC(C)c1cc(CCn2ccc3cccc(C=O)c32)cc(-c2ccc3c(c2)C(N)CO3)c1.CO. The minimum atomic E-state index is -0.0632. The third kappa shape index (κ3) is 4.63. The summed E-state index contributed by atoms with van der Waals surface area (Å²) in [4.78, 5) is 11.5. The van der Waals surface area contributed by atoms with E-state index in [1.165, 1.54) is 22.3 Å². The van der Waals surface area contributed by atoms with Gasteiger partial charge in [-0.05, 0) is 58.9 Å². The van der Waals surface area contributed by atoms with Gasteiger partial charge in [-0.2, -0.15) is 0 Å². The molecule has 0 saturated heterocycles. The van der Waals surface area contributed by atoms with Crippen LogP contribution in [0.3, 0.4) is 0 Å². The number of benzene rings is 3. The molecule has 1 unspecified atom stereocenters. The van der Waals surface area contributed by atoms with Crippen molar-refractivity contribution in [1.82, 2.24) is 4.57 Å². The fourth-order valence-electron chi connectivity index (χ4n) is 4.60. The van der Waals surface area contributed by atoms with E-state index in [0.29, 0.717) is 12.5 Å². The first-order valence-corrected chi connectivity index (χ1v) is 11.7. The van der Waals surface area contributed by atoms with E-state index in [2.05, 4.69) is 67.1 Å². The van der Waals surface area contributed by atoms with Crippen molar-refractivity contribution in [2.75, 3.05) is 13.7 Å². The molecule has 1 aliphatic heterocycles. The number of carbonyl (C=O) groups is 1. The Morgan fingerprint density at radius 1 is 1.09 bits per heavy atom. The molecule has 0 radical (unpaired) electrons. The Labute approximate surface area is 200 Å². The van der Waals surface area contributed by atoms with Crippen LogP contribution in [-0.2, 0) is 13.0 Å². The lowest BCUT2D eigenvalue weighted by Crippen LogP contribution is -2.10. The highest BCUT2D eigenvalue weighted by Gasteiger charge is 2.21. The number of carbonyl (C=O) groups excluding carboxylic acids is 1. The second kappa shape index (κ2) is 10.2. The van der Waals surface area contributed by atoms with Crippen molar-refractivity contribution >= 4 is 17.2 Å². The first-order valence-electron chi connectivity index (χ1n) is 11.7. The molecule has 5 nitrogen and oxygen atoms in total. The zero-order valence-corrected chi connectivity index (χ0v) is 20.0. The van der Waals surface area contributed by atoms with Crippen LogP contribution in [0.25, 0.3) is 22.0 Å². The number of nitrogens with two attached hydrogens (primary N) is 1. The van der Waals surface area contributed by atoms with Crippen molar-refractivity contribution in [1.29, 1.82) is 0 Å². The summed E-state index contributed by atoms with van der Waals surface area (Å²) in [5.74, 6) is 1.33. The van der Waals surface area contributed by atoms with Gasteiger partial charge in [-0.3, -0.25) is 4.79 Å². The van der Waals surface area contributed by atoms with Crippen LogP contribution in [0.4, 0.5) is 0 Å². The third-order valence-electron chi connectivity index (χ3n) is 6.43. The van der Waals surface area contributed by atoms with E-state index in [-0.39, 0.29) is 6.04 Å². The number of aryl methyl sites for hydroxylation is 2. The first kappa shape index (κ1) is 23.7. The van der Waals surface area contributed by atoms with E-state index < -0.39 is 0 Å². The number of aliphatic hydroxyl groups is 1. The number of aldehydes is 1. The molecule has 3 N–H and O–H groups in total. The summed E-state index contributed by atoms with van der Waals surface area (Å²) in [6, 6.07) is 21.1. The van der Waals surface area contributed by atoms with Crippen LogP contribution in [0.1, 0.15) is 52.9 Å². The molecule has 3 aromatic carbocycles. The zero-order chi connectivity index (χ0) is 24.2. The molecule has 4 aromatic rings. The molecule has 5 rings (SSSR count). The van der Waals surface area contributed by atoms with Gasteiger partial charge in [-0.1, -0.05) is 50.2 Å². The molecule has 34 heavy (non-hydrogen) atoms. The van der Waals surface area contributed by atoms with E-state index in [9.17, 15) is 4.79 Å². The van der Waals surface area contributed by atoms with Crippen LogP contribution in [0.2, 0.25) is 0 Å². The highest BCUT2D eigenvalue weighted by molar-refractivity contribution is 5.96. The smallest absolute Gasteiger partial charge is 0.152 e. The lowest BCUT2D eigenvalue weighted by molar-refractivity contribution is 0.112. The maximum atomic E-state index is 11.5. The van der Waals surface area contributed by atoms with Gasteiger partial charge in [-0.15, -0.1) is 0 Å². The highest BCUT2D eigenvalue weighted by atomic mass is 16.5. The summed E-state index contributed by atoms with van der Waals surface area (Å²) < 4.78 is 7.86. The van der Waals surface area contributed by atoms with Crippen LogP contribution in [0.5, 0.6) is 5.75 Å². The monoisotopic (exact) mass is 456 g/mol. The fourth-order valence-corrected chi connectivity index (χ4v) is 4.60. The maximum Gasteiger partial charge on any atom is 0.152 e. The van der Waals surface area contributed by atoms with Gasteiger partial charge in [0.1, 0.15) is 12.4 Å². The topological polar surface area (TPSA) is 77.5 Å². The molecular weight excluding hydrogens is 424 g/mol. The molecule has 1 aliphatic rings. The normalized spacial score (nSPS) is 14.5. The van der Waals surface area contributed by atoms with Crippen LogP contribution in [0.15, 0.2) is 66.9 Å². The molecule has 1 atom stereocenters. The quantitative estimate of drug-likeness (QED) is 0.376. The average molecular weight is 457 g/mol. The summed E-state index contributed by atoms with van der Waals surface area (Å²) in [5, 5.41) is 8.10. The standard InChI is InChI=1S/C28H28N2O2.CH4O/c1-18(2)23-12-19(8-10-30-11-9-20-4-3-5-22(16-31)28(20)30)13-24(14-23)21-6-7-27-25(15-21)26(29)17-32-27;1-2/h3-7,9,11-16,18,26H,8,10,17,29H2,1-2H3;2H,1H3. The van der Waals surface area contributed by atoms with Crippen molar-refractivity contribution in [2.45, 2.75) is 38.8 Å². The molecule has 176 valence electrons. The van der Waals surface area contributed by atoms with Gasteiger partial charge >= 0.3 is 0 Å². The Hall–Kier alpha value is -3.41. The lowest BCUT2D eigenvalue weighted by atomic mass is 9.92. The van der Waals surface area contributed by atoms with Gasteiger partial charge in [-0.25, -0.2) is 0 Å². The Bertz CT molecular complexity index is 1310. The van der Waals surface area contributed by atoms with Crippen molar-refractivity contribution < 1.29 is 14.6 Å². The third-order valence-corrected chi connectivity index (χ3v) is 6.43. The lowest BCUT2D eigenvalue weighted by Gasteiger charge is -2.14. The van der Waals surface area contributed by atoms with Crippen molar-refractivity contribution in [3.8, 4) is 16.9 Å². The van der Waals surface area contributed by atoms with Gasteiger partial charge in [0.2, 0.25) is 0 Å². The van der Waals surface area contributed by atoms with E-state index in [0.717, 1.165) is 54.1 Å². The number of hydrogen-bond donors (Lipinski definition) is 2. The van der Waals surface area contributed by atoms with Gasteiger partial charge in [0, 0.05) is 36.4 Å². The Kier molecular flexibility index (Phi) is 7.15. The Morgan fingerprint density at radius 2 is 1.91 bits per heavy atom. The molecule has 0 saturated carbocycles. The van der Waals surface area contributed by atoms with Crippen LogP contribution >= 0.6 is 0 Å². The maximum absolute atomic E-state index is 11.5. The number of aromatic nitrogens is 1. The van der Waals surface area contributed by atoms with Gasteiger partial charge < -0.3 is 20.1 Å². The number of aliphatic hydroxyl groups excluding tert-OH is 1. The Balaban J connectivity index is 0.00000133. The molecule has 0 amide bonds. The predicted molar refractivity (Wildman–Crippen MR) is 138 cm³/mol. The van der Waals surface area contributed by atoms with Crippen LogP contribution in [0, 0.1) is 0 Å². The summed E-state index contributed by atoms with van der Waals surface area (Å²) in [6.45, 7) is 5.82. The van der Waals surface area contributed by atoms with Crippen LogP contribution < -0.4 is 10.5 Å². The zero-order valence-electron chi connectivity index (χ0n) is 20.0. The summed E-state index contributed by atoms with van der Waals surface area (Å²) in [7, 11) is 1.00. The van der Waals surface area contributed by atoms with Crippen molar-refractivity contribution in [3.05, 3.63) is 89.1 Å². The Morgan fingerprint density at radius 3 is 2.68 bits per heavy atom. The van der Waals surface area contributed by atoms with Gasteiger partial charge in [0.05, 0.1) is 11.6 Å². The van der Waals surface area contributed by atoms with E-state index in [1.807, 2.05) is 18.2 Å². The molecule has 2 heterocycles. The number of hydrogen-bond acceptors (Lipinski definition) is 4.